The van der Waals surface area contributed by atoms with Crippen LogP contribution in [0.25, 0.3) is 0 Å². The lowest BCUT2D eigenvalue weighted by atomic mass is 10.0. The molecule has 0 saturated carbocycles. The first-order valence-corrected chi connectivity index (χ1v) is 7.12. The van der Waals surface area contributed by atoms with Gasteiger partial charge in [-0.15, -0.1) is 0 Å². The van der Waals surface area contributed by atoms with Crippen molar-refractivity contribution in [2.75, 3.05) is 5.75 Å². The van der Waals surface area contributed by atoms with Gasteiger partial charge in [-0.25, -0.2) is 8.42 Å². The molecule has 1 aromatic carbocycles. The maximum atomic E-state index is 11.8. The number of hydrogen-bond acceptors (Lipinski definition) is 3. The third-order valence-corrected chi connectivity index (χ3v) is 4.34. The molecule has 2 N–H and O–H groups in total. The fraction of sp³-hybridized carbons (Fsp3) is 0.500. The number of nitrogens with two attached hydrogens (primary N) is 1. The summed E-state index contributed by atoms with van der Waals surface area (Å²) >= 11 is 0. The van der Waals surface area contributed by atoms with Crippen LogP contribution in [0.2, 0.25) is 0 Å². The maximum absolute atomic E-state index is 11.8. The van der Waals surface area contributed by atoms with Crippen LogP contribution in [0.1, 0.15) is 37.8 Å². The smallest absolute Gasteiger partial charge is 0.178 e. The third kappa shape index (κ3) is 2.83. The van der Waals surface area contributed by atoms with Crippen molar-refractivity contribution < 1.29 is 8.42 Å². The van der Waals surface area contributed by atoms with Gasteiger partial charge in [-0.1, -0.05) is 26.8 Å². The van der Waals surface area contributed by atoms with Crippen LogP contribution in [-0.2, 0) is 16.4 Å². The molecule has 0 aliphatic carbocycles. The van der Waals surface area contributed by atoms with Gasteiger partial charge in [0, 0.05) is 6.54 Å². The van der Waals surface area contributed by atoms with E-state index in [4.69, 9.17) is 5.73 Å². The van der Waals surface area contributed by atoms with E-state index >= 15 is 0 Å². The van der Waals surface area contributed by atoms with Crippen molar-refractivity contribution in [2.45, 2.75) is 38.1 Å². The summed E-state index contributed by atoms with van der Waals surface area (Å²) in [6, 6.07) is 5.40. The highest BCUT2D eigenvalue weighted by molar-refractivity contribution is 7.91. The normalized spacial score (nSPS) is 12.1. The van der Waals surface area contributed by atoms with E-state index in [1.807, 2.05) is 19.9 Å². The Hall–Kier alpha value is -0.870. The molecule has 0 aliphatic heterocycles. The van der Waals surface area contributed by atoms with E-state index in [9.17, 15) is 8.42 Å². The average Bonchev–Trinajstić information content (AvgIpc) is 2.28. The monoisotopic (exact) mass is 241 g/mol. The Morgan fingerprint density at radius 1 is 1.25 bits per heavy atom. The van der Waals surface area contributed by atoms with Crippen molar-refractivity contribution in [3.63, 3.8) is 0 Å². The molecular formula is C12H19NO2S. The minimum Gasteiger partial charge on any atom is -0.326 e. The Bertz CT molecular complexity index is 464. The molecule has 0 amide bonds. The van der Waals surface area contributed by atoms with Crippen molar-refractivity contribution in [3.8, 4) is 0 Å². The zero-order valence-corrected chi connectivity index (χ0v) is 10.8. The van der Waals surface area contributed by atoms with Crippen LogP contribution in [0.5, 0.6) is 0 Å². The zero-order chi connectivity index (χ0) is 12.3. The van der Waals surface area contributed by atoms with E-state index in [0.29, 0.717) is 17.4 Å². The molecule has 1 rings (SSSR count). The molecule has 1 aromatic rings. The Morgan fingerprint density at radius 2 is 1.88 bits per heavy atom. The fourth-order valence-corrected chi connectivity index (χ4v) is 2.46. The fourth-order valence-electron chi connectivity index (χ4n) is 1.48. The molecule has 0 fully saturated rings. The molecule has 0 saturated heterocycles. The van der Waals surface area contributed by atoms with Crippen molar-refractivity contribution in [2.24, 2.45) is 5.73 Å². The quantitative estimate of drug-likeness (QED) is 0.877. The van der Waals surface area contributed by atoms with Gasteiger partial charge in [0.05, 0.1) is 10.6 Å². The van der Waals surface area contributed by atoms with Crippen molar-refractivity contribution in [1.82, 2.24) is 0 Å². The first-order chi connectivity index (χ1) is 7.40. The third-order valence-electron chi connectivity index (χ3n) is 2.63. The lowest BCUT2D eigenvalue weighted by molar-refractivity contribution is 0.597. The summed E-state index contributed by atoms with van der Waals surface area (Å²) < 4.78 is 23.6. The molecule has 16 heavy (non-hydrogen) atoms. The molecule has 0 atom stereocenters. The molecular weight excluding hydrogens is 222 g/mol. The highest BCUT2D eigenvalue weighted by Crippen LogP contribution is 2.22. The molecule has 0 unspecified atom stereocenters. The van der Waals surface area contributed by atoms with Crippen molar-refractivity contribution >= 4 is 9.84 Å². The lowest BCUT2D eigenvalue weighted by Gasteiger charge is -2.11. The van der Waals surface area contributed by atoms with Crippen LogP contribution in [0, 0.1) is 0 Å². The summed E-state index contributed by atoms with van der Waals surface area (Å²) in [5.41, 5.74) is 7.47. The van der Waals surface area contributed by atoms with E-state index < -0.39 is 9.84 Å². The van der Waals surface area contributed by atoms with Crippen LogP contribution in [0.4, 0.5) is 0 Å². The van der Waals surface area contributed by atoms with Crippen LogP contribution in [-0.4, -0.2) is 14.2 Å². The van der Waals surface area contributed by atoms with Gasteiger partial charge < -0.3 is 5.73 Å². The summed E-state index contributed by atoms with van der Waals surface area (Å²) in [6.45, 7) is 6.10. The molecule has 4 heteroatoms. The Kier molecular flexibility index (Phi) is 4.10. The molecule has 0 aliphatic rings. The van der Waals surface area contributed by atoms with Crippen LogP contribution in [0.15, 0.2) is 23.1 Å². The van der Waals surface area contributed by atoms with E-state index in [0.717, 1.165) is 11.1 Å². The molecule has 90 valence electrons. The Labute approximate surface area is 97.6 Å². The van der Waals surface area contributed by atoms with Crippen molar-refractivity contribution in [1.29, 1.82) is 0 Å². The largest absolute Gasteiger partial charge is 0.326 e. The summed E-state index contributed by atoms with van der Waals surface area (Å²) in [5.74, 6) is 0.427. The zero-order valence-electron chi connectivity index (χ0n) is 10.0. The van der Waals surface area contributed by atoms with E-state index in [2.05, 4.69) is 0 Å². The van der Waals surface area contributed by atoms with Gasteiger partial charge in [-0.2, -0.15) is 0 Å². The highest BCUT2D eigenvalue weighted by atomic mass is 32.2. The topological polar surface area (TPSA) is 60.2 Å². The van der Waals surface area contributed by atoms with Gasteiger partial charge in [0.1, 0.15) is 0 Å². The summed E-state index contributed by atoms with van der Waals surface area (Å²) in [6.07, 6.45) is 0. The van der Waals surface area contributed by atoms with Gasteiger partial charge in [-0.05, 0) is 29.2 Å². The maximum Gasteiger partial charge on any atom is 0.178 e. The number of benzene rings is 1. The van der Waals surface area contributed by atoms with Gasteiger partial charge in [0.15, 0.2) is 9.84 Å². The first kappa shape index (κ1) is 13.2. The summed E-state index contributed by atoms with van der Waals surface area (Å²) in [5, 5.41) is 0. The standard InChI is InChI=1S/C12H19NO2S/c1-4-16(14,15)12-6-10(8-13)5-11(7-12)9(2)3/h5-7,9H,4,8,13H2,1-3H3. The SMILES string of the molecule is CCS(=O)(=O)c1cc(CN)cc(C(C)C)c1. The molecule has 3 nitrogen and oxygen atoms in total. The van der Waals surface area contributed by atoms with Gasteiger partial charge >= 0.3 is 0 Å². The second kappa shape index (κ2) is 4.97. The number of rotatable bonds is 4. The molecule has 0 heterocycles. The van der Waals surface area contributed by atoms with Crippen LogP contribution < -0.4 is 5.73 Å². The minimum absolute atomic E-state index is 0.124. The molecule has 0 spiro atoms. The van der Waals surface area contributed by atoms with Gasteiger partial charge in [0.2, 0.25) is 0 Å². The lowest BCUT2D eigenvalue weighted by Crippen LogP contribution is -2.07. The highest BCUT2D eigenvalue weighted by Gasteiger charge is 2.14. The van der Waals surface area contributed by atoms with Crippen molar-refractivity contribution in [3.05, 3.63) is 29.3 Å². The minimum atomic E-state index is -3.14. The van der Waals surface area contributed by atoms with E-state index in [1.165, 1.54) is 0 Å². The summed E-state index contributed by atoms with van der Waals surface area (Å²) in [7, 11) is -3.14. The summed E-state index contributed by atoms with van der Waals surface area (Å²) in [4.78, 5) is 0.390. The molecule has 0 radical (unpaired) electrons. The number of sulfone groups is 1. The van der Waals surface area contributed by atoms with Gasteiger partial charge in [0.25, 0.3) is 0 Å². The number of hydrogen-bond donors (Lipinski definition) is 1. The van der Waals surface area contributed by atoms with Gasteiger partial charge in [-0.3, -0.25) is 0 Å². The Morgan fingerprint density at radius 3 is 2.31 bits per heavy atom. The Balaban J connectivity index is 3.36. The molecule has 0 bridgehead atoms. The predicted octanol–water partition coefficient (Wildman–Crippen LogP) is 2.06. The van der Waals surface area contributed by atoms with E-state index in [-0.39, 0.29) is 5.75 Å². The second-order valence-electron chi connectivity index (χ2n) is 4.17. The first-order valence-electron chi connectivity index (χ1n) is 5.47. The predicted molar refractivity (Wildman–Crippen MR) is 66.1 cm³/mol. The van der Waals surface area contributed by atoms with E-state index in [1.54, 1.807) is 19.1 Å². The van der Waals surface area contributed by atoms with Crippen LogP contribution >= 0.6 is 0 Å². The average molecular weight is 241 g/mol. The second-order valence-corrected chi connectivity index (χ2v) is 6.45. The van der Waals surface area contributed by atoms with Crippen LogP contribution in [0.3, 0.4) is 0 Å². The molecule has 0 aromatic heterocycles.